The monoisotopic (exact) mass is 478 g/mol. The van der Waals surface area contributed by atoms with Crippen LogP contribution in [0.1, 0.15) is 22.0 Å². The van der Waals surface area contributed by atoms with Gasteiger partial charge in [0.25, 0.3) is 0 Å². The van der Waals surface area contributed by atoms with Crippen LogP contribution >= 0.6 is 8.45 Å². The first-order valence-electron chi connectivity index (χ1n) is 10.3. The molecule has 0 spiro atoms. The van der Waals surface area contributed by atoms with Crippen LogP contribution in [0.5, 0.6) is 28.7 Å². The van der Waals surface area contributed by atoms with Crippen LogP contribution in [0.25, 0.3) is 0 Å². The van der Waals surface area contributed by atoms with E-state index >= 15 is 0 Å². The van der Waals surface area contributed by atoms with E-state index in [1.54, 1.807) is 45.6 Å². The summed E-state index contributed by atoms with van der Waals surface area (Å²) in [4.78, 5) is 13.8. The van der Waals surface area contributed by atoms with Crippen molar-refractivity contribution in [3.63, 3.8) is 0 Å². The first-order chi connectivity index (χ1) is 15.7. The van der Waals surface area contributed by atoms with Gasteiger partial charge in [0.05, 0.1) is 28.4 Å². The Morgan fingerprint density at radius 2 is 1.45 bits per heavy atom. The molecule has 2 aromatic carbocycles. The average molecular weight is 478 g/mol. The van der Waals surface area contributed by atoms with E-state index in [0.29, 0.717) is 39.9 Å². The van der Waals surface area contributed by atoms with Crippen molar-refractivity contribution in [3.8, 4) is 28.7 Å². The lowest BCUT2D eigenvalue weighted by Crippen LogP contribution is -2.39. The summed E-state index contributed by atoms with van der Waals surface area (Å²) in [5.41, 5.74) is 1.04. The first-order valence-corrected chi connectivity index (χ1v) is 11.4. The molecule has 0 bridgehead atoms. The van der Waals surface area contributed by atoms with Crippen molar-refractivity contribution >= 4 is 14.2 Å². The van der Waals surface area contributed by atoms with Crippen LogP contribution < -0.4 is 23.7 Å². The topological polar surface area (TPSA) is 78.9 Å². The standard InChI is InChI=1S/C23H31N2O7P/c1-24(2)33(25(3)4)32-23-21(26)20-18(30-8)12-15(27-5)13-19(20)31-22(23)14-9-10-16(28-6)17(11-14)29-7/h9-13,22-23H,1-8H3. The second kappa shape index (κ2) is 10.6. The molecule has 0 fully saturated rings. The van der Waals surface area contributed by atoms with E-state index in [-0.39, 0.29) is 5.78 Å². The number of fused-ring (bicyclic) bond motifs is 1. The van der Waals surface area contributed by atoms with Crippen LogP contribution in [0, 0.1) is 0 Å². The van der Waals surface area contributed by atoms with Gasteiger partial charge in [0, 0.05) is 12.1 Å². The van der Waals surface area contributed by atoms with E-state index < -0.39 is 20.7 Å². The minimum atomic E-state index is -1.23. The van der Waals surface area contributed by atoms with E-state index in [1.165, 1.54) is 7.11 Å². The minimum absolute atomic E-state index is 0.230. The summed E-state index contributed by atoms with van der Waals surface area (Å²) in [7, 11) is 12.6. The summed E-state index contributed by atoms with van der Waals surface area (Å²) >= 11 is 0. The Morgan fingerprint density at radius 3 is 2.00 bits per heavy atom. The van der Waals surface area contributed by atoms with Crippen molar-refractivity contribution in [3.05, 3.63) is 41.5 Å². The minimum Gasteiger partial charge on any atom is -0.496 e. The van der Waals surface area contributed by atoms with Crippen LogP contribution in [0.15, 0.2) is 30.3 Å². The van der Waals surface area contributed by atoms with Crippen molar-refractivity contribution in [2.45, 2.75) is 12.2 Å². The van der Waals surface area contributed by atoms with Gasteiger partial charge >= 0.3 is 0 Å². The van der Waals surface area contributed by atoms with E-state index in [9.17, 15) is 4.79 Å². The fourth-order valence-electron chi connectivity index (χ4n) is 3.68. The largest absolute Gasteiger partial charge is 0.496 e. The molecule has 0 radical (unpaired) electrons. The molecule has 3 rings (SSSR count). The third-order valence-corrected chi connectivity index (χ3v) is 6.94. The van der Waals surface area contributed by atoms with Gasteiger partial charge in [0.1, 0.15) is 22.8 Å². The highest BCUT2D eigenvalue weighted by molar-refractivity contribution is 7.47. The number of hydrogen-bond acceptors (Lipinski definition) is 9. The van der Waals surface area contributed by atoms with Gasteiger partial charge < -0.3 is 28.2 Å². The second-order valence-corrected chi connectivity index (χ2v) is 10.0. The second-order valence-electron chi connectivity index (χ2n) is 7.69. The van der Waals surface area contributed by atoms with Gasteiger partial charge in [-0.1, -0.05) is 6.07 Å². The number of rotatable bonds is 9. The summed E-state index contributed by atoms with van der Waals surface area (Å²) in [6.07, 6.45) is -1.65. The molecule has 1 heterocycles. The number of ketones is 1. The molecule has 1 aliphatic rings. The predicted molar refractivity (Wildman–Crippen MR) is 126 cm³/mol. The summed E-state index contributed by atoms with van der Waals surface area (Å²) < 4.78 is 38.4. The van der Waals surface area contributed by atoms with Crippen LogP contribution in [-0.4, -0.2) is 77.9 Å². The Bertz CT molecular complexity index is 991. The third-order valence-electron chi connectivity index (χ3n) is 5.16. The first kappa shape index (κ1) is 25.1. The molecule has 2 unspecified atom stereocenters. The Balaban J connectivity index is 2.15. The van der Waals surface area contributed by atoms with Crippen molar-refractivity contribution in [2.24, 2.45) is 0 Å². The van der Waals surface area contributed by atoms with E-state index in [1.807, 2.05) is 43.6 Å². The van der Waals surface area contributed by atoms with E-state index in [2.05, 4.69) is 0 Å². The molecule has 9 nitrogen and oxygen atoms in total. The van der Waals surface area contributed by atoms with Gasteiger partial charge in [-0.3, -0.25) is 14.1 Å². The lowest BCUT2D eigenvalue weighted by molar-refractivity contribution is 0.0312. The molecule has 2 atom stereocenters. The van der Waals surface area contributed by atoms with Crippen molar-refractivity contribution in [1.29, 1.82) is 0 Å². The lowest BCUT2D eigenvalue weighted by Gasteiger charge is -2.38. The number of carbonyl (C=O) groups excluding carboxylic acids is 1. The molecule has 0 aromatic heterocycles. The fraction of sp³-hybridized carbons (Fsp3) is 0.435. The van der Waals surface area contributed by atoms with Crippen molar-refractivity contribution in [1.82, 2.24) is 9.34 Å². The smallest absolute Gasteiger partial charge is 0.203 e. The molecular formula is C23H31N2O7P. The number of Topliss-reactive ketones (excluding diaryl/α,β-unsaturated/α-hetero) is 1. The molecule has 0 aliphatic carbocycles. The zero-order valence-electron chi connectivity index (χ0n) is 20.2. The summed E-state index contributed by atoms with van der Waals surface area (Å²) in [5, 5.41) is 0. The molecule has 0 N–H and O–H groups in total. The summed E-state index contributed by atoms with van der Waals surface area (Å²) in [6, 6.07) is 8.76. The van der Waals surface area contributed by atoms with Gasteiger partial charge in [-0.15, -0.1) is 0 Å². The molecule has 33 heavy (non-hydrogen) atoms. The highest BCUT2D eigenvalue weighted by Gasteiger charge is 2.44. The average Bonchev–Trinajstić information content (AvgIpc) is 2.81. The van der Waals surface area contributed by atoms with Gasteiger partial charge in [-0.05, 0) is 45.9 Å². The number of benzene rings is 2. The zero-order valence-corrected chi connectivity index (χ0v) is 21.1. The zero-order chi connectivity index (χ0) is 24.3. The number of carbonyl (C=O) groups is 1. The van der Waals surface area contributed by atoms with Crippen LogP contribution in [0.3, 0.4) is 0 Å². The Morgan fingerprint density at radius 1 is 0.818 bits per heavy atom. The number of ether oxygens (including phenoxy) is 5. The molecule has 180 valence electrons. The molecule has 2 aromatic rings. The van der Waals surface area contributed by atoms with Gasteiger partial charge in [-0.25, -0.2) is 0 Å². The normalized spacial score (nSPS) is 17.7. The molecule has 10 heteroatoms. The molecule has 1 aliphatic heterocycles. The number of hydrogen-bond donors (Lipinski definition) is 0. The fourth-order valence-corrected chi connectivity index (χ4v) is 5.18. The van der Waals surface area contributed by atoms with Gasteiger partial charge in [-0.2, -0.15) is 0 Å². The third kappa shape index (κ3) is 5.01. The molecular weight excluding hydrogens is 447 g/mol. The maximum Gasteiger partial charge on any atom is 0.203 e. The number of nitrogens with zero attached hydrogens (tertiary/aromatic N) is 2. The van der Waals surface area contributed by atoms with Crippen LogP contribution in [-0.2, 0) is 4.52 Å². The predicted octanol–water partition coefficient (Wildman–Crippen LogP) is 3.77. The molecule has 0 saturated carbocycles. The summed E-state index contributed by atoms with van der Waals surface area (Å²) in [5.74, 6) is 2.14. The maximum atomic E-state index is 13.8. The van der Waals surface area contributed by atoms with Crippen molar-refractivity contribution < 1.29 is 33.0 Å². The van der Waals surface area contributed by atoms with E-state index in [0.717, 1.165) is 0 Å². The lowest BCUT2D eigenvalue weighted by atomic mass is 9.92. The van der Waals surface area contributed by atoms with Crippen LogP contribution in [0.2, 0.25) is 0 Å². The summed E-state index contributed by atoms with van der Waals surface area (Å²) in [6.45, 7) is 0. The Kier molecular flexibility index (Phi) is 8.02. The SMILES string of the molecule is COc1cc(OC)c2c(c1)OC(c1ccc(OC)c(OC)c1)C(OP(N(C)C)N(C)C)C2=O. The maximum absolute atomic E-state index is 13.8. The van der Waals surface area contributed by atoms with Gasteiger partial charge in [0.2, 0.25) is 5.78 Å². The van der Waals surface area contributed by atoms with E-state index in [4.69, 9.17) is 28.2 Å². The van der Waals surface area contributed by atoms with Crippen LogP contribution in [0.4, 0.5) is 0 Å². The Labute approximate surface area is 196 Å². The quantitative estimate of drug-likeness (QED) is 0.501. The molecule has 0 saturated heterocycles. The van der Waals surface area contributed by atoms with Crippen molar-refractivity contribution in [2.75, 3.05) is 56.6 Å². The highest BCUT2D eigenvalue weighted by Crippen LogP contribution is 2.50. The highest BCUT2D eigenvalue weighted by atomic mass is 31.2. The van der Waals surface area contributed by atoms with Gasteiger partial charge in [0.15, 0.2) is 32.2 Å². The Hall–Kier alpha value is -2.58. The number of methoxy groups -OCH3 is 4. The molecule has 0 amide bonds.